The Morgan fingerprint density at radius 3 is 2.48 bits per heavy atom. The maximum absolute atomic E-state index is 12.6. The quantitative estimate of drug-likeness (QED) is 0.381. The van der Waals surface area contributed by atoms with E-state index in [2.05, 4.69) is 10.5 Å². The maximum atomic E-state index is 12.6. The Morgan fingerprint density at radius 2 is 1.74 bits per heavy atom. The number of fused-ring (bicyclic) bond motifs is 1. The minimum Gasteiger partial charge on any atom is -0.497 e. The molecule has 0 radical (unpaired) electrons. The molecule has 1 heterocycles. The van der Waals surface area contributed by atoms with Crippen LogP contribution in [0.1, 0.15) is 27.6 Å². The van der Waals surface area contributed by atoms with Crippen LogP contribution in [0.25, 0.3) is 22.0 Å². The van der Waals surface area contributed by atoms with E-state index in [1.165, 1.54) is 6.92 Å². The number of amides is 1. The summed E-state index contributed by atoms with van der Waals surface area (Å²) < 4.78 is 6.76. The van der Waals surface area contributed by atoms with Gasteiger partial charge in [-0.15, -0.1) is 0 Å². The van der Waals surface area contributed by atoms with Crippen molar-refractivity contribution >= 4 is 28.9 Å². The number of aromatic nitrogens is 1. The fraction of sp³-hybridized carbons (Fsp3) is 0.0800. The highest BCUT2D eigenvalue weighted by Crippen LogP contribution is 2.23. The van der Waals surface area contributed by atoms with Crippen molar-refractivity contribution in [3.05, 3.63) is 90.1 Å². The number of carbonyl (C=O) groups is 2. The van der Waals surface area contributed by atoms with Gasteiger partial charge in [-0.2, -0.15) is 5.10 Å². The van der Waals surface area contributed by atoms with Gasteiger partial charge >= 0.3 is 0 Å². The Kier molecular flexibility index (Phi) is 5.62. The number of hydrogen-bond acceptors (Lipinski definition) is 4. The first-order valence-electron chi connectivity index (χ1n) is 9.76. The standard InChI is InChI=1S/C25H21N3O3/c1-17(29)28-16-21(23-8-3-4-9-24(23)28)15-26-27-25(30)20-7-5-6-19(14-20)18-10-12-22(31-2)13-11-18/h3-16H,1-2H3,(H,27,30). The minimum atomic E-state index is -0.318. The van der Waals surface area contributed by atoms with Gasteiger partial charge in [0.15, 0.2) is 0 Å². The normalized spacial score (nSPS) is 11.0. The summed E-state index contributed by atoms with van der Waals surface area (Å²) >= 11 is 0. The summed E-state index contributed by atoms with van der Waals surface area (Å²) in [6.45, 7) is 1.50. The Bertz CT molecular complexity index is 1290. The Balaban J connectivity index is 1.52. The molecule has 4 aromatic rings. The second kappa shape index (κ2) is 8.67. The van der Waals surface area contributed by atoms with Crippen LogP contribution < -0.4 is 10.2 Å². The number of benzene rings is 3. The van der Waals surface area contributed by atoms with E-state index in [1.807, 2.05) is 66.7 Å². The lowest BCUT2D eigenvalue weighted by atomic mass is 10.0. The molecule has 0 saturated heterocycles. The van der Waals surface area contributed by atoms with Gasteiger partial charge in [0.2, 0.25) is 5.91 Å². The number of para-hydroxylation sites is 1. The molecular weight excluding hydrogens is 390 g/mol. The molecule has 0 atom stereocenters. The summed E-state index contributed by atoms with van der Waals surface area (Å²) in [7, 11) is 1.62. The molecular formula is C25H21N3O3. The smallest absolute Gasteiger partial charge is 0.271 e. The molecule has 1 N–H and O–H groups in total. The third-order valence-electron chi connectivity index (χ3n) is 5.00. The molecule has 4 rings (SSSR count). The van der Waals surface area contributed by atoms with Crippen LogP contribution in [0.15, 0.2) is 84.1 Å². The van der Waals surface area contributed by atoms with E-state index in [9.17, 15) is 9.59 Å². The van der Waals surface area contributed by atoms with Crippen LogP contribution >= 0.6 is 0 Å². The molecule has 6 heteroatoms. The first kappa shape index (κ1) is 20.1. The lowest BCUT2D eigenvalue weighted by molar-refractivity contribution is 0.0937. The number of carbonyl (C=O) groups excluding carboxylic acids is 2. The fourth-order valence-corrected chi connectivity index (χ4v) is 3.42. The second-order valence-corrected chi connectivity index (χ2v) is 7.00. The molecule has 3 aromatic carbocycles. The molecule has 0 spiro atoms. The minimum absolute atomic E-state index is 0.0877. The topological polar surface area (TPSA) is 72.7 Å². The molecule has 154 valence electrons. The lowest BCUT2D eigenvalue weighted by Crippen LogP contribution is -2.17. The molecule has 6 nitrogen and oxygen atoms in total. The first-order chi connectivity index (χ1) is 15.1. The van der Waals surface area contributed by atoms with Crippen LogP contribution in [0.4, 0.5) is 0 Å². The molecule has 0 aliphatic heterocycles. The summed E-state index contributed by atoms with van der Waals surface area (Å²) in [4.78, 5) is 24.5. The largest absolute Gasteiger partial charge is 0.497 e. The predicted molar refractivity (Wildman–Crippen MR) is 122 cm³/mol. The number of hydrazone groups is 1. The SMILES string of the molecule is COc1ccc(-c2cccc(C(=O)NN=Cc3cn(C(C)=O)c4ccccc34)c2)cc1. The lowest BCUT2D eigenvalue weighted by Gasteiger charge is -2.06. The van der Waals surface area contributed by atoms with Gasteiger partial charge in [-0.25, -0.2) is 5.43 Å². The van der Waals surface area contributed by atoms with Gasteiger partial charge in [-0.3, -0.25) is 14.2 Å². The Labute approximate surface area is 179 Å². The number of nitrogens with one attached hydrogen (secondary N) is 1. The van der Waals surface area contributed by atoms with Gasteiger partial charge in [0.1, 0.15) is 5.75 Å². The fourth-order valence-electron chi connectivity index (χ4n) is 3.42. The van der Waals surface area contributed by atoms with Crippen molar-refractivity contribution in [1.29, 1.82) is 0 Å². The van der Waals surface area contributed by atoms with Crippen molar-refractivity contribution in [2.75, 3.05) is 7.11 Å². The molecule has 0 unspecified atom stereocenters. The van der Waals surface area contributed by atoms with Crippen LogP contribution in [-0.2, 0) is 0 Å². The average Bonchev–Trinajstić information content (AvgIpc) is 3.18. The monoisotopic (exact) mass is 411 g/mol. The molecule has 0 saturated carbocycles. The van der Waals surface area contributed by atoms with Crippen molar-refractivity contribution in [3.8, 4) is 16.9 Å². The van der Waals surface area contributed by atoms with Crippen molar-refractivity contribution in [2.24, 2.45) is 5.10 Å². The molecule has 0 aliphatic carbocycles. The highest BCUT2D eigenvalue weighted by Gasteiger charge is 2.10. The number of methoxy groups -OCH3 is 1. The molecule has 1 amide bonds. The third-order valence-corrected chi connectivity index (χ3v) is 5.00. The summed E-state index contributed by atoms with van der Waals surface area (Å²) in [5, 5.41) is 4.99. The molecule has 0 fully saturated rings. The molecule has 0 bridgehead atoms. The van der Waals surface area contributed by atoms with E-state index >= 15 is 0 Å². The van der Waals surface area contributed by atoms with Gasteiger partial charge < -0.3 is 4.74 Å². The zero-order chi connectivity index (χ0) is 21.8. The molecule has 0 aliphatic rings. The summed E-state index contributed by atoms with van der Waals surface area (Å²) in [6, 6.07) is 22.5. The van der Waals surface area contributed by atoms with Crippen molar-refractivity contribution < 1.29 is 14.3 Å². The average molecular weight is 411 g/mol. The van der Waals surface area contributed by atoms with E-state index in [1.54, 1.807) is 30.2 Å². The second-order valence-electron chi connectivity index (χ2n) is 7.00. The van der Waals surface area contributed by atoms with Crippen LogP contribution in [0.3, 0.4) is 0 Å². The van der Waals surface area contributed by atoms with Crippen LogP contribution in [0, 0.1) is 0 Å². The number of rotatable bonds is 5. The maximum Gasteiger partial charge on any atom is 0.271 e. The van der Waals surface area contributed by atoms with Crippen LogP contribution in [0.5, 0.6) is 5.75 Å². The van der Waals surface area contributed by atoms with E-state index in [4.69, 9.17) is 4.74 Å². The summed E-state index contributed by atoms with van der Waals surface area (Å²) in [5.74, 6) is 0.371. The van der Waals surface area contributed by atoms with E-state index in [-0.39, 0.29) is 11.8 Å². The number of nitrogens with zero attached hydrogens (tertiary/aromatic N) is 2. The van der Waals surface area contributed by atoms with Crippen molar-refractivity contribution in [3.63, 3.8) is 0 Å². The van der Waals surface area contributed by atoms with E-state index < -0.39 is 0 Å². The molecule has 31 heavy (non-hydrogen) atoms. The summed E-state index contributed by atoms with van der Waals surface area (Å²) in [5.41, 5.74) is 6.51. The first-order valence-corrected chi connectivity index (χ1v) is 9.76. The Morgan fingerprint density at radius 1 is 0.968 bits per heavy atom. The van der Waals surface area contributed by atoms with Crippen LogP contribution in [0.2, 0.25) is 0 Å². The Hall–Kier alpha value is -4.19. The summed E-state index contributed by atoms with van der Waals surface area (Å²) in [6.07, 6.45) is 3.26. The van der Waals surface area contributed by atoms with Gasteiger partial charge in [0.05, 0.1) is 18.8 Å². The van der Waals surface area contributed by atoms with E-state index in [0.29, 0.717) is 5.56 Å². The predicted octanol–water partition coefficient (Wildman–Crippen LogP) is 4.74. The highest BCUT2D eigenvalue weighted by molar-refractivity contribution is 6.04. The van der Waals surface area contributed by atoms with Gasteiger partial charge in [-0.05, 0) is 41.5 Å². The van der Waals surface area contributed by atoms with Gasteiger partial charge in [0, 0.05) is 29.6 Å². The van der Waals surface area contributed by atoms with Crippen LogP contribution in [-0.4, -0.2) is 29.7 Å². The van der Waals surface area contributed by atoms with Gasteiger partial charge in [-0.1, -0.05) is 42.5 Å². The van der Waals surface area contributed by atoms with Crippen molar-refractivity contribution in [2.45, 2.75) is 6.92 Å². The zero-order valence-electron chi connectivity index (χ0n) is 17.2. The van der Waals surface area contributed by atoms with E-state index in [0.717, 1.165) is 33.3 Å². The van der Waals surface area contributed by atoms with Gasteiger partial charge in [0.25, 0.3) is 5.91 Å². The third kappa shape index (κ3) is 4.23. The number of ether oxygens (including phenoxy) is 1. The zero-order valence-corrected chi connectivity index (χ0v) is 17.2. The highest BCUT2D eigenvalue weighted by atomic mass is 16.5. The van der Waals surface area contributed by atoms with Crippen molar-refractivity contribution in [1.82, 2.24) is 9.99 Å². The molecule has 1 aromatic heterocycles. The number of hydrogen-bond donors (Lipinski definition) is 1.